The number of allylic oxidation sites excluding steroid dienone is 1. The number of unbranched alkanes of at least 4 members (excludes halogenated alkanes) is 1. The highest BCUT2D eigenvalue weighted by molar-refractivity contribution is 5.91. The Hall–Kier alpha value is -4.32. The minimum atomic E-state index is -0.984. The van der Waals surface area contributed by atoms with Crippen LogP contribution in [0.1, 0.15) is 28.8 Å². The highest BCUT2D eigenvalue weighted by Crippen LogP contribution is 2.32. The van der Waals surface area contributed by atoms with Gasteiger partial charge in [0.15, 0.2) is 23.2 Å². The van der Waals surface area contributed by atoms with Crippen LogP contribution in [0.3, 0.4) is 0 Å². The van der Waals surface area contributed by atoms with Crippen LogP contribution in [0.25, 0.3) is 22.3 Å². The Morgan fingerprint density at radius 3 is 2.00 bits per heavy atom. The second-order valence-corrected chi connectivity index (χ2v) is 8.49. The van der Waals surface area contributed by atoms with Gasteiger partial charge in [0.25, 0.3) is 0 Å². The van der Waals surface area contributed by atoms with E-state index in [1.807, 2.05) is 19.1 Å². The van der Waals surface area contributed by atoms with Crippen molar-refractivity contribution in [1.82, 2.24) is 0 Å². The van der Waals surface area contributed by atoms with Gasteiger partial charge in [0.05, 0.1) is 12.2 Å². The molecule has 37 heavy (non-hydrogen) atoms. The average molecular weight is 503 g/mol. The van der Waals surface area contributed by atoms with Crippen LogP contribution < -0.4 is 9.47 Å². The molecule has 0 aromatic heterocycles. The molecule has 0 spiro atoms. The topological polar surface area (TPSA) is 35.5 Å². The van der Waals surface area contributed by atoms with E-state index in [2.05, 4.69) is 6.58 Å². The summed E-state index contributed by atoms with van der Waals surface area (Å²) in [7, 11) is 0. The molecule has 0 heterocycles. The highest BCUT2D eigenvalue weighted by Gasteiger charge is 2.17. The zero-order valence-corrected chi connectivity index (χ0v) is 20.3. The SMILES string of the molecule is C=CCCCOc1ccc(OC(=O)c2ccc(-c3ccc(-c4ccc(C)cc4)c(F)c3F)cc2)c(F)c1. The van der Waals surface area contributed by atoms with E-state index in [0.717, 1.165) is 24.5 Å². The average Bonchev–Trinajstić information content (AvgIpc) is 2.90. The summed E-state index contributed by atoms with van der Waals surface area (Å²) in [6.45, 7) is 5.96. The van der Waals surface area contributed by atoms with E-state index < -0.39 is 23.4 Å². The largest absolute Gasteiger partial charge is 0.493 e. The highest BCUT2D eigenvalue weighted by atomic mass is 19.2. The molecule has 4 rings (SSSR count). The van der Waals surface area contributed by atoms with Gasteiger partial charge in [-0.3, -0.25) is 0 Å². The van der Waals surface area contributed by atoms with Crippen LogP contribution in [0.2, 0.25) is 0 Å². The number of carbonyl (C=O) groups excluding carboxylic acids is 1. The predicted octanol–water partition coefficient (Wildman–Crippen LogP) is 8.31. The lowest BCUT2D eigenvalue weighted by Gasteiger charge is -2.11. The van der Waals surface area contributed by atoms with E-state index in [-0.39, 0.29) is 22.4 Å². The molecule has 0 N–H and O–H groups in total. The van der Waals surface area contributed by atoms with E-state index in [4.69, 9.17) is 9.47 Å². The van der Waals surface area contributed by atoms with E-state index in [9.17, 15) is 18.0 Å². The molecule has 0 fully saturated rings. The number of aryl methyl sites for hydroxylation is 1. The fourth-order valence-electron chi connectivity index (χ4n) is 3.74. The summed E-state index contributed by atoms with van der Waals surface area (Å²) in [5.41, 5.74) is 2.33. The summed E-state index contributed by atoms with van der Waals surface area (Å²) in [6, 6.07) is 19.9. The van der Waals surface area contributed by atoms with Crippen molar-refractivity contribution in [3.05, 3.63) is 120 Å². The van der Waals surface area contributed by atoms with Crippen molar-refractivity contribution in [3.8, 4) is 33.8 Å². The Kier molecular flexibility index (Phi) is 8.08. The van der Waals surface area contributed by atoms with E-state index in [1.165, 1.54) is 48.5 Å². The van der Waals surface area contributed by atoms with Crippen LogP contribution in [-0.4, -0.2) is 12.6 Å². The molecule has 0 amide bonds. The van der Waals surface area contributed by atoms with Crippen molar-refractivity contribution in [2.75, 3.05) is 6.61 Å². The quantitative estimate of drug-likeness (QED) is 0.0999. The molecule has 0 aliphatic rings. The maximum absolute atomic E-state index is 14.9. The number of halogens is 3. The van der Waals surface area contributed by atoms with Gasteiger partial charge in [-0.05, 0) is 55.2 Å². The Bertz CT molecular complexity index is 1410. The molecule has 4 aromatic rings. The summed E-state index contributed by atoms with van der Waals surface area (Å²) in [6.07, 6.45) is 3.32. The zero-order valence-electron chi connectivity index (χ0n) is 20.3. The number of ether oxygens (including phenoxy) is 2. The molecule has 4 aromatic carbocycles. The molecule has 0 unspecified atom stereocenters. The van der Waals surface area contributed by atoms with Gasteiger partial charge >= 0.3 is 5.97 Å². The van der Waals surface area contributed by atoms with Crippen LogP contribution in [0, 0.1) is 24.4 Å². The van der Waals surface area contributed by atoms with Crippen LogP contribution in [-0.2, 0) is 0 Å². The third-order valence-corrected chi connectivity index (χ3v) is 5.80. The summed E-state index contributed by atoms with van der Waals surface area (Å²) in [5, 5.41) is 0. The number of hydrogen-bond donors (Lipinski definition) is 0. The van der Waals surface area contributed by atoms with Gasteiger partial charge in [-0.25, -0.2) is 18.0 Å². The first kappa shape index (κ1) is 25.8. The normalized spacial score (nSPS) is 10.7. The third kappa shape index (κ3) is 6.09. The Balaban J connectivity index is 1.46. The van der Waals surface area contributed by atoms with E-state index >= 15 is 0 Å². The molecule has 6 heteroatoms. The lowest BCUT2D eigenvalue weighted by molar-refractivity contribution is 0.0727. The van der Waals surface area contributed by atoms with Crippen molar-refractivity contribution in [1.29, 1.82) is 0 Å². The molecule has 0 atom stereocenters. The first-order valence-corrected chi connectivity index (χ1v) is 11.8. The molecule has 0 saturated heterocycles. The van der Waals surface area contributed by atoms with Gasteiger partial charge in [-0.2, -0.15) is 0 Å². The number of esters is 1. The minimum Gasteiger partial charge on any atom is -0.493 e. The van der Waals surface area contributed by atoms with Crippen molar-refractivity contribution in [3.63, 3.8) is 0 Å². The Labute approximate surface area is 213 Å². The maximum Gasteiger partial charge on any atom is 0.343 e. The first-order valence-electron chi connectivity index (χ1n) is 11.8. The second-order valence-electron chi connectivity index (χ2n) is 8.49. The molecular formula is C31H25F3O3. The van der Waals surface area contributed by atoms with Crippen LogP contribution in [0.4, 0.5) is 13.2 Å². The lowest BCUT2D eigenvalue weighted by Crippen LogP contribution is -2.09. The van der Waals surface area contributed by atoms with Gasteiger partial charge in [-0.1, -0.05) is 60.2 Å². The van der Waals surface area contributed by atoms with Crippen molar-refractivity contribution >= 4 is 5.97 Å². The van der Waals surface area contributed by atoms with Gasteiger partial charge in [0, 0.05) is 17.2 Å². The minimum absolute atomic E-state index is 0.0583. The maximum atomic E-state index is 14.9. The lowest BCUT2D eigenvalue weighted by atomic mass is 9.98. The van der Waals surface area contributed by atoms with Gasteiger partial charge in [0.1, 0.15) is 5.75 Å². The van der Waals surface area contributed by atoms with E-state index in [1.54, 1.807) is 18.2 Å². The zero-order chi connectivity index (χ0) is 26.4. The van der Waals surface area contributed by atoms with Gasteiger partial charge in [-0.15, -0.1) is 6.58 Å². The monoisotopic (exact) mass is 502 g/mol. The summed E-state index contributed by atoms with van der Waals surface area (Å²) >= 11 is 0. The van der Waals surface area contributed by atoms with Gasteiger partial charge < -0.3 is 9.47 Å². The molecule has 188 valence electrons. The smallest absolute Gasteiger partial charge is 0.343 e. The second kappa shape index (κ2) is 11.6. The van der Waals surface area contributed by atoms with Crippen LogP contribution in [0.5, 0.6) is 11.5 Å². The molecule has 0 radical (unpaired) electrons. The number of benzene rings is 4. The van der Waals surface area contributed by atoms with Crippen molar-refractivity contribution in [2.45, 2.75) is 19.8 Å². The Morgan fingerprint density at radius 2 is 1.43 bits per heavy atom. The van der Waals surface area contributed by atoms with Crippen LogP contribution in [0.15, 0.2) is 91.5 Å². The Morgan fingerprint density at radius 1 is 0.838 bits per heavy atom. The standard InChI is InChI=1S/C31H25F3O3/c1-3-4-5-18-36-24-14-17-28(27(32)19-24)37-31(35)23-12-10-22(11-13-23)26-16-15-25(29(33)30(26)34)21-8-6-20(2)7-9-21/h3,6-17,19H,1,4-5,18H2,2H3. The molecule has 3 nitrogen and oxygen atoms in total. The van der Waals surface area contributed by atoms with E-state index in [0.29, 0.717) is 23.5 Å². The summed E-state index contributed by atoms with van der Waals surface area (Å²) in [5.74, 6) is -3.37. The molecule has 0 bridgehead atoms. The third-order valence-electron chi connectivity index (χ3n) is 5.80. The fourth-order valence-corrected chi connectivity index (χ4v) is 3.74. The number of hydrogen-bond acceptors (Lipinski definition) is 3. The fraction of sp³-hybridized carbons (Fsp3) is 0.129. The van der Waals surface area contributed by atoms with Crippen molar-refractivity contribution in [2.24, 2.45) is 0 Å². The molecule has 0 aliphatic carbocycles. The van der Waals surface area contributed by atoms with Gasteiger partial charge in [0.2, 0.25) is 0 Å². The number of rotatable bonds is 9. The predicted molar refractivity (Wildman–Crippen MR) is 138 cm³/mol. The molecule has 0 aliphatic heterocycles. The summed E-state index contributed by atoms with van der Waals surface area (Å²) < 4.78 is 54.8. The van der Waals surface area contributed by atoms with Crippen molar-refractivity contribution < 1.29 is 27.4 Å². The molecule has 0 saturated carbocycles. The molecular weight excluding hydrogens is 477 g/mol. The summed E-state index contributed by atoms with van der Waals surface area (Å²) in [4.78, 5) is 12.5. The first-order chi connectivity index (χ1) is 17.9. The number of carbonyl (C=O) groups is 1. The van der Waals surface area contributed by atoms with Crippen LogP contribution >= 0.6 is 0 Å².